The molecule has 0 radical (unpaired) electrons. The summed E-state index contributed by atoms with van der Waals surface area (Å²) in [6, 6.07) is 0. The second-order valence-corrected chi connectivity index (χ2v) is 25.4. The molecule has 0 fully saturated rings. The highest BCUT2D eigenvalue weighted by Crippen LogP contribution is 2.26. The zero-order valence-electron chi connectivity index (χ0n) is 17.8. The smallest absolute Gasteiger partial charge is 0.465 e. The third-order valence-corrected chi connectivity index (χ3v) is 13.3. The monoisotopic (exact) mass is 439 g/mol. The largest absolute Gasteiger partial charge is 0.647 e. The fourth-order valence-electron chi connectivity index (χ4n) is 1.89. The molecule has 0 unspecified atom stereocenters. The highest BCUT2D eigenvalue weighted by Gasteiger charge is 2.53. The highest BCUT2D eigenvalue weighted by atomic mass is 28.5. The maximum absolute atomic E-state index is 10.4. The molecule has 11 heteroatoms. The van der Waals surface area contributed by atoms with E-state index in [0.29, 0.717) is 13.0 Å². The van der Waals surface area contributed by atoms with Crippen molar-refractivity contribution in [1.29, 1.82) is 0 Å². The molecule has 0 heterocycles. The van der Waals surface area contributed by atoms with Crippen molar-refractivity contribution in [3.8, 4) is 0 Å². The van der Waals surface area contributed by atoms with E-state index in [0.717, 1.165) is 6.42 Å². The van der Waals surface area contributed by atoms with Crippen LogP contribution in [-0.2, 0) is 16.8 Å². The number of rotatable bonds is 12. The maximum Gasteiger partial charge on any atom is 0.647 e. The van der Waals surface area contributed by atoms with Crippen LogP contribution in [-0.4, -0.2) is 51.8 Å². The first kappa shape index (κ1) is 25.7. The van der Waals surface area contributed by atoms with Crippen LogP contribution in [0.5, 0.6) is 0 Å². The molecule has 2 N–H and O–H groups in total. The van der Waals surface area contributed by atoms with Gasteiger partial charge in [0, 0.05) is 12.8 Å². The molecule has 154 valence electrons. The lowest BCUT2D eigenvalue weighted by atomic mass is 10.3. The number of amides is 1. The Balaban J connectivity index is 5.09. The molecular weight excluding hydrogens is 403 g/mol. The van der Waals surface area contributed by atoms with E-state index in [2.05, 4.69) is 64.2 Å². The van der Waals surface area contributed by atoms with Gasteiger partial charge in [0.15, 0.2) is 25.0 Å². The summed E-state index contributed by atoms with van der Waals surface area (Å²) < 4.78 is 25.4. The van der Waals surface area contributed by atoms with E-state index in [1.165, 1.54) is 6.20 Å². The molecule has 0 atom stereocenters. The number of carbonyl (C=O) groups is 1. The van der Waals surface area contributed by atoms with Crippen LogP contribution in [0.2, 0.25) is 58.9 Å². The molecule has 0 aromatic carbocycles. The Kier molecular flexibility index (Phi) is 10.2. The van der Waals surface area contributed by atoms with Gasteiger partial charge in [0.1, 0.15) is 0 Å². The Morgan fingerprint density at radius 3 is 1.65 bits per heavy atom. The predicted molar refractivity (Wildman–Crippen MR) is 115 cm³/mol. The molecule has 0 aliphatic carbocycles. The fraction of sp³-hybridized carbons (Fsp3) is 0.800. The maximum atomic E-state index is 10.4. The number of carboxylic acid groups (broad SMARTS) is 1. The Hall–Kier alpha value is -0.282. The van der Waals surface area contributed by atoms with E-state index in [1.54, 1.807) is 6.08 Å². The third-order valence-electron chi connectivity index (χ3n) is 2.41. The van der Waals surface area contributed by atoms with Crippen LogP contribution in [0.1, 0.15) is 12.8 Å². The van der Waals surface area contributed by atoms with Crippen molar-refractivity contribution in [3.05, 3.63) is 12.3 Å². The second-order valence-electron chi connectivity index (χ2n) is 8.99. The summed E-state index contributed by atoms with van der Waals surface area (Å²) in [5.74, 6) is 0. The number of unbranched alkanes of at least 4 members (excludes halogenated alkanes) is 1. The van der Waals surface area contributed by atoms with Gasteiger partial charge in [-0.3, -0.25) is 5.32 Å². The van der Waals surface area contributed by atoms with Gasteiger partial charge in [-0.2, -0.15) is 0 Å². The van der Waals surface area contributed by atoms with Crippen LogP contribution in [0.3, 0.4) is 0 Å². The first-order valence-electron chi connectivity index (χ1n) is 8.93. The Labute approximate surface area is 163 Å². The van der Waals surface area contributed by atoms with Gasteiger partial charge in [0.05, 0.1) is 0 Å². The molecule has 0 spiro atoms. The van der Waals surface area contributed by atoms with E-state index in [4.69, 9.17) is 21.9 Å². The summed E-state index contributed by atoms with van der Waals surface area (Å²) >= 11 is 0. The summed E-state index contributed by atoms with van der Waals surface area (Å²) in [5, 5.41) is 10.7. The minimum atomic E-state index is -3.24. The Bertz CT molecular complexity index is 427. The summed E-state index contributed by atoms with van der Waals surface area (Å²) in [5.41, 5.74) is 0. The van der Waals surface area contributed by atoms with Crippen LogP contribution in [0.4, 0.5) is 4.79 Å². The molecule has 0 rings (SSSR count). The van der Waals surface area contributed by atoms with Crippen LogP contribution in [0.15, 0.2) is 12.3 Å². The van der Waals surface area contributed by atoms with Gasteiger partial charge in [-0.25, -0.2) is 4.79 Å². The van der Waals surface area contributed by atoms with Crippen LogP contribution in [0, 0.1) is 0 Å². The molecular formula is C15H37NO6Si4. The highest BCUT2D eigenvalue weighted by molar-refractivity contribution is 6.87. The number of hydrogen-bond donors (Lipinski definition) is 2. The minimum Gasteiger partial charge on any atom is -0.465 e. The van der Waals surface area contributed by atoms with E-state index >= 15 is 0 Å². The van der Waals surface area contributed by atoms with Crippen molar-refractivity contribution in [2.75, 3.05) is 6.61 Å². The van der Waals surface area contributed by atoms with Gasteiger partial charge < -0.3 is 21.9 Å². The molecule has 0 aromatic heterocycles. The topological polar surface area (TPSA) is 86.3 Å². The lowest BCUT2D eigenvalue weighted by Gasteiger charge is -2.40. The Morgan fingerprint density at radius 2 is 1.31 bits per heavy atom. The zero-order chi connectivity index (χ0) is 20.6. The third kappa shape index (κ3) is 14.8. The molecule has 0 aliphatic heterocycles. The van der Waals surface area contributed by atoms with Crippen molar-refractivity contribution in [2.24, 2.45) is 0 Å². The number of hydrogen-bond acceptors (Lipinski definition) is 5. The molecule has 26 heavy (non-hydrogen) atoms. The van der Waals surface area contributed by atoms with Crippen LogP contribution in [0.25, 0.3) is 0 Å². The second kappa shape index (κ2) is 10.3. The Morgan fingerprint density at radius 1 is 0.885 bits per heavy atom. The van der Waals surface area contributed by atoms with Crippen molar-refractivity contribution < 1.29 is 26.7 Å². The van der Waals surface area contributed by atoms with Gasteiger partial charge in [-0.15, -0.1) is 0 Å². The first-order chi connectivity index (χ1) is 11.5. The van der Waals surface area contributed by atoms with Gasteiger partial charge >= 0.3 is 15.1 Å². The zero-order valence-corrected chi connectivity index (χ0v) is 21.8. The summed E-state index contributed by atoms with van der Waals surface area (Å²) in [4.78, 5) is 10.4. The average Bonchev–Trinajstić information content (AvgIpc) is 2.30. The van der Waals surface area contributed by atoms with Gasteiger partial charge in [0.2, 0.25) is 0 Å². The molecule has 0 bridgehead atoms. The standard InChI is InChI=1S/C15H37NO6Si4/c1-23(2,3)20-26(21-24(4,5)6,22-25(7,8)9)19-14-12-10-11-13-16-15(17)18/h11,13,16H,10,12,14H2,1-9H3,(H,17,18). The molecule has 1 amide bonds. The fourth-order valence-corrected chi connectivity index (χ4v) is 13.6. The minimum absolute atomic E-state index is 0.447. The van der Waals surface area contributed by atoms with Gasteiger partial charge in [0.25, 0.3) is 0 Å². The van der Waals surface area contributed by atoms with Crippen molar-refractivity contribution in [1.82, 2.24) is 5.32 Å². The van der Waals surface area contributed by atoms with E-state index in [-0.39, 0.29) is 0 Å². The number of allylic oxidation sites excluding steroid dienone is 1. The van der Waals surface area contributed by atoms with Crippen molar-refractivity contribution in [2.45, 2.75) is 71.8 Å². The van der Waals surface area contributed by atoms with E-state index in [1.807, 2.05) is 0 Å². The molecule has 0 saturated carbocycles. The normalized spacial score (nSPS) is 14.0. The lowest BCUT2D eigenvalue weighted by Crippen LogP contribution is -2.62. The van der Waals surface area contributed by atoms with E-state index < -0.39 is 40.1 Å². The summed E-state index contributed by atoms with van der Waals surface area (Å²) in [7, 11) is -9.07. The number of nitrogens with one attached hydrogen (secondary N) is 1. The molecule has 7 nitrogen and oxygen atoms in total. The quantitative estimate of drug-likeness (QED) is 0.342. The summed E-state index contributed by atoms with van der Waals surface area (Å²) in [6.07, 6.45) is 3.53. The molecule has 0 aromatic rings. The van der Waals surface area contributed by atoms with Crippen LogP contribution < -0.4 is 5.32 Å². The predicted octanol–water partition coefficient (Wildman–Crippen LogP) is 4.55. The molecule has 0 aliphatic rings. The summed E-state index contributed by atoms with van der Waals surface area (Å²) in [6.45, 7) is 19.4. The van der Waals surface area contributed by atoms with Gasteiger partial charge in [-0.05, 0) is 71.8 Å². The first-order valence-corrected chi connectivity index (χ1v) is 20.8. The average molecular weight is 440 g/mol. The molecule has 0 saturated heterocycles. The van der Waals surface area contributed by atoms with Crippen molar-refractivity contribution in [3.63, 3.8) is 0 Å². The lowest BCUT2D eigenvalue weighted by molar-refractivity contribution is 0.0827. The van der Waals surface area contributed by atoms with Crippen molar-refractivity contribution >= 4 is 40.1 Å². The van der Waals surface area contributed by atoms with Gasteiger partial charge in [-0.1, -0.05) is 6.08 Å². The van der Waals surface area contributed by atoms with Crippen LogP contribution >= 0.6 is 0 Å². The SMILES string of the molecule is C[Si](C)(C)O[Si](OCCCC=CNC(=O)O)(O[Si](C)(C)C)O[Si](C)(C)C. The van der Waals surface area contributed by atoms with E-state index in [9.17, 15) is 4.79 Å².